The predicted molar refractivity (Wildman–Crippen MR) is 85.1 cm³/mol. The van der Waals surface area contributed by atoms with Crippen LogP contribution in [-0.4, -0.2) is 9.55 Å². The van der Waals surface area contributed by atoms with Crippen LogP contribution in [0.15, 0.2) is 46.9 Å². The summed E-state index contributed by atoms with van der Waals surface area (Å²) in [4.78, 5) is 3.26. The third kappa shape index (κ3) is 2.38. The highest BCUT2D eigenvalue weighted by Gasteiger charge is 2.07. The zero-order valence-electron chi connectivity index (χ0n) is 10.5. The summed E-state index contributed by atoms with van der Waals surface area (Å²) < 4.78 is 4.01. The minimum atomic E-state index is 0.761. The van der Waals surface area contributed by atoms with Crippen molar-refractivity contribution in [2.24, 2.45) is 0 Å². The minimum Gasteiger partial charge on any atom is -0.331 e. The lowest BCUT2D eigenvalue weighted by molar-refractivity contribution is 0.807. The van der Waals surface area contributed by atoms with E-state index >= 15 is 0 Å². The van der Waals surface area contributed by atoms with Crippen LogP contribution in [-0.2, 0) is 6.54 Å². The van der Waals surface area contributed by atoms with Gasteiger partial charge in [0, 0.05) is 4.47 Å². The second-order valence-corrected chi connectivity index (χ2v) is 5.87. The molecular formula is C15H13BrN2S. The number of benzene rings is 2. The van der Waals surface area contributed by atoms with Crippen LogP contribution in [0.5, 0.6) is 0 Å². The largest absolute Gasteiger partial charge is 0.331 e. The molecular weight excluding hydrogens is 320 g/mol. The molecule has 3 rings (SSSR count). The van der Waals surface area contributed by atoms with E-state index in [4.69, 9.17) is 12.2 Å². The fourth-order valence-electron chi connectivity index (χ4n) is 2.22. The first kappa shape index (κ1) is 12.6. The Balaban J connectivity index is 2.15. The normalized spacial score (nSPS) is 11.1. The van der Waals surface area contributed by atoms with Crippen molar-refractivity contribution in [3.8, 4) is 0 Å². The Kier molecular flexibility index (Phi) is 3.29. The number of nitrogens with one attached hydrogen (secondary N) is 1. The SMILES string of the molecule is Cc1ccc2[nH]c(=S)n(Cc3ccccc3Br)c2c1. The Bertz CT molecular complexity index is 801. The number of hydrogen-bond acceptors (Lipinski definition) is 1. The van der Waals surface area contributed by atoms with Gasteiger partial charge in [0.05, 0.1) is 17.6 Å². The Hall–Kier alpha value is -1.39. The van der Waals surface area contributed by atoms with Gasteiger partial charge in [-0.05, 0) is 48.5 Å². The molecule has 0 amide bonds. The van der Waals surface area contributed by atoms with E-state index in [1.54, 1.807) is 0 Å². The van der Waals surface area contributed by atoms with E-state index in [9.17, 15) is 0 Å². The maximum Gasteiger partial charge on any atom is 0.178 e. The molecule has 0 fully saturated rings. The van der Waals surface area contributed by atoms with Crippen molar-refractivity contribution >= 4 is 39.2 Å². The first-order valence-electron chi connectivity index (χ1n) is 6.08. The van der Waals surface area contributed by atoms with Gasteiger partial charge < -0.3 is 9.55 Å². The molecule has 0 aliphatic rings. The summed E-state index contributed by atoms with van der Waals surface area (Å²) >= 11 is 9.02. The molecule has 0 saturated heterocycles. The zero-order chi connectivity index (χ0) is 13.4. The highest BCUT2D eigenvalue weighted by atomic mass is 79.9. The van der Waals surface area contributed by atoms with Gasteiger partial charge in [0.25, 0.3) is 0 Å². The molecule has 96 valence electrons. The molecule has 3 aromatic rings. The maximum atomic E-state index is 5.43. The van der Waals surface area contributed by atoms with Crippen LogP contribution >= 0.6 is 28.1 Å². The van der Waals surface area contributed by atoms with Gasteiger partial charge in [-0.1, -0.05) is 40.2 Å². The van der Waals surface area contributed by atoms with Crippen molar-refractivity contribution in [3.05, 3.63) is 62.8 Å². The van der Waals surface area contributed by atoms with Gasteiger partial charge in [-0.2, -0.15) is 0 Å². The third-order valence-electron chi connectivity index (χ3n) is 3.22. The Morgan fingerprint density at radius 1 is 1.21 bits per heavy atom. The van der Waals surface area contributed by atoms with E-state index in [2.05, 4.69) is 62.7 Å². The Morgan fingerprint density at radius 2 is 2.00 bits per heavy atom. The van der Waals surface area contributed by atoms with Crippen LogP contribution < -0.4 is 0 Å². The van der Waals surface area contributed by atoms with Gasteiger partial charge >= 0.3 is 0 Å². The van der Waals surface area contributed by atoms with Crippen molar-refractivity contribution < 1.29 is 0 Å². The monoisotopic (exact) mass is 332 g/mol. The standard InChI is InChI=1S/C15H13BrN2S/c1-10-6-7-13-14(8-10)18(15(19)17-13)9-11-4-2-3-5-12(11)16/h2-8H,9H2,1H3,(H,17,19). The van der Waals surface area contributed by atoms with Crippen LogP contribution in [0.25, 0.3) is 11.0 Å². The van der Waals surface area contributed by atoms with Crippen molar-refractivity contribution in [3.63, 3.8) is 0 Å². The lowest BCUT2D eigenvalue weighted by Gasteiger charge is -2.07. The van der Waals surface area contributed by atoms with Gasteiger partial charge in [-0.15, -0.1) is 0 Å². The molecule has 4 heteroatoms. The summed E-state index contributed by atoms with van der Waals surface area (Å²) in [6.45, 7) is 2.86. The summed E-state index contributed by atoms with van der Waals surface area (Å²) in [5, 5.41) is 0. The molecule has 19 heavy (non-hydrogen) atoms. The fraction of sp³-hybridized carbons (Fsp3) is 0.133. The molecule has 0 spiro atoms. The minimum absolute atomic E-state index is 0.761. The Morgan fingerprint density at radius 3 is 2.79 bits per heavy atom. The van der Waals surface area contributed by atoms with E-state index in [1.165, 1.54) is 11.1 Å². The average Bonchev–Trinajstić information content (AvgIpc) is 2.69. The van der Waals surface area contributed by atoms with Gasteiger partial charge in [-0.3, -0.25) is 0 Å². The van der Waals surface area contributed by atoms with E-state index < -0.39 is 0 Å². The lowest BCUT2D eigenvalue weighted by atomic mass is 10.2. The number of H-pyrrole nitrogens is 1. The molecule has 2 nitrogen and oxygen atoms in total. The van der Waals surface area contributed by atoms with E-state index in [1.807, 2.05) is 12.1 Å². The molecule has 1 aromatic heterocycles. The summed E-state index contributed by atoms with van der Waals surface area (Å²) in [5.41, 5.74) is 4.70. The highest BCUT2D eigenvalue weighted by Crippen LogP contribution is 2.21. The van der Waals surface area contributed by atoms with E-state index in [0.29, 0.717) is 0 Å². The molecule has 1 heterocycles. The third-order valence-corrected chi connectivity index (χ3v) is 4.31. The van der Waals surface area contributed by atoms with Crippen LogP contribution in [0.1, 0.15) is 11.1 Å². The molecule has 0 radical (unpaired) electrons. The number of nitrogens with zero attached hydrogens (tertiary/aromatic N) is 1. The number of aromatic nitrogens is 2. The van der Waals surface area contributed by atoms with Crippen molar-refractivity contribution in [2.45, 2.75) is 13.5 Å². The van der Waals surface area contributed by atoms with Crippen molar-refractivity contribution in [2.75, 3.05) is 0 Å². The van der Waals surface area contributed by atoms with Crippen molar-refractivity contribution in [1.82, 2.24) is 9.55 Å². The number of hydrogen-bond donors (Lipinski definition) is 1. The summed E-state index contributed by atoms with van der Waals surface area (Å²) in [6.07, 6.45) is 0. The number of halogens is 1. The molecule has 0 unspecified atom stereocenters. The molecule has 1 N–H and O–H groups in total. The number of aromatic amines is 1. The summed E-state index contributed by atoms with van der Waals surface area (Å²) in [5.74, 6) is 0. The number of imidazole rings is 1. The Labute approximate surface area is 125 Å². The molecule has 2 aromatic carbocycles. The lowest BCUT2D eigenvalue weighted by Crippen LogP contribution is -2.00. The second-order valence-electron chi connectivity index (χ2n) is 4.63. The van der Waals surface area contributed by atoms with Crippen LogP contribution in [0, 0.1) is 11.7 Å². The zero-order valence-corrected chi connectivity index (χ0v) is 12.9. The van der Waals surface area contributed by atoms with Crippen LogP contribution in [0.4, 0.5) is 0 Å². The number of fused-ring (bicyclic) bond motifs is 1. The molecule has 0 aliphatic carbocycles. The van der Waals surface area contributed by atoms with Crippen LogP contribution in [0.2, 0.25) is 0 Å². The topological polar surface area (TPSA) is 20.7 Å². The first-order valence-corrected chi connectivity index (χ1v) is 7.28. The number of rotatable bonds is 2. The quantitative estimate of drug-likeness (QED) is 0.667. The van der Waals surface area contributed by atoms with E-state index in [0.717, 1.165) is 26.8 Å². The smallest absolute Gasteiger partial charge is 0.178 e. The van der Waals surface area contributed by atoms with Gasteiger partial charge in [0.2, 0.25) is 0 Å². The highest BCUT2D eigenvalue weighted by molar-refractivity contribution is 9.10. The summed E-state index contributed by atoms with van der Waals surface area (Å²) in [7, 11) is 0. The maximum absolute atomic E-state index is 5.43. The average molecular weight is 333 g/mol. The second kappa shape index (κ2) is 4.94. The summed E-state index contributed by atoms with van der Waals surface area (Å²) in [6, 6.07) is 14.6. The predicted octanol–water partition coefficient (Wildman–Crippen LogP) is 4.82. The van der Waals surface area contributed by atoms with Gasteiger partial charge in [0.15, 0.2) is 4.77 Å². The van der Waals surface area contributed by atoms with Crippen molar-refractivity contribution in [1.29, 1.82) is 0 Å². The first-order chi connectivity index (χ1) is 9.15. The molecule has 0 aliphatic heterocycles. The van der Waals surface area contributed by atoms with Crippen LogP contribution in [0.3, 0.4) is 0 Å². The van der Waals surface area contributed by atoms with Gasteiger partial charge in [0.1, 0.15) is 0 Å². The fourth-order valence-corrected chi connectivity index (χ4v) is 2.90. The van der Waals surface area contributed by atoms with E-state index in [-0.39, 0.29) is 0 Å². The molecule has 0 bridgehead atoms. The van der Waals surface area contributed by atoms with Gasteiger partial charge in [-0.25, -0.2) is 0 Å². The molecule has 0 atom stereocenters. The molecule has 0 saturated carbocycles. The number of aryl methyl sites for hydroxylation is 1.